The van der Waals surface area contributed by atoms with E-state index in [1.165, 1.54) is 0 Å². The van der Waals surface area contributed by atoms with Crippen LogP contribution in [0.1, 0.15) is 50.2 Å². The van der Waals surface area contributed by atoms with Crippen LogP contribution in [0.15, 0.2) is 18.2 Å². The molecule has 0 amide bonds. The predicted octanol–water partition coefficient (Wildman–Crippen LogP) is 2.71. The van der Waals surface area contributed by atoms with Crippen LogP contribution in [0.4, 0.5) is 0 Å². The number of aromatic hydroxyl groups is 1. The van der Waals surface area contributed by atoms with Crippen molar-refractivity contribution in [3.63, 3.8) is 0 Å². The van der Waals surface area contributed by atoms with Gasteiger partial charge in [0.1, 0.15) is 5.75 Å². The van der Waals surface area contributed by atoms with Gasteiger partial charge in [0.05, 0.1) is 11.7 Å². The average molecular weight is 288 g/mol. The molecule has 0 unspecified atom stereocenters. The second-order valence-corrected chi connectivity index (χ2v) is 7.62. The number of rotatable bonds is 0. The fourth-order valence-electron chi connectivity index (χ4n) is 5.53. The van der Waals surface area contributed by atoms with Gasteiger partial charge in [-0.3, -0.25) is 0 Å². The molecule has 3 N–H and O–H groups in total. The van der Waals surface area contributed by atoms with Gasteiger partial charge in [-0.15, -0.1) is 0 Å². The van der Waals surface area contributed by atoms with Crippen molar-refractivity contribution in [1.29, 1.82) is 0 Å². The fourth-order valence-corrected chi connectivity index (χ4v) is 5.53. The molecule has 21 heavy (non-hydrogen) atoms. The van der Waals surface area contributed by atoms with Crippen molar-refractivity contribution in [3.05, 3.63) is 29.3 Å². The molecule has 1 aromatic carbocycles. The molecular formula is C18H24O3. The summed E-state index contributed by atoms with van der Waals surface area (Å²) in [6.45, 7) is 2.21. The maximum Gasteiger partial charge on any atom is 0.115 e. The van der Waals surface area contributed by atoms with Gasteiger partial charge >= 0.3 is 0 Å². The van der Waals surface area contributed by atoms with Gasteiger partial charge in [-0.1, -0.05) is 13.0 Å². The highest BCUT2D eigenvalue weighted by molar-refractivity contribution is 5.41. The van der Waals surface area contributed by atoms with E-state index >= 15 is 0 Å². The maximum absolute atomic E-state index is 11.4. The van der Waals surface area contributed by atoms with E-state index in [2.05, 4.69) is 6.92 Å². The molecule has 1 aromatic rings. The zero-order valence-corrected chi connectivity index (χ0v) is 12.5. The van der Waals surface area contributed by atoms with Crippen molar-refractivity contribution >= 4 is 0 Å². The first-order chi connectivity index (χ1) is 9.95. The molecule has 2 saturated carbocycles. The van der Waals surface area contributed by atoms with Crippen LogP contribution in [0, 0.1) is 17.3 Å². The van der Waals surface area contributed by atoms with Crippen molar-refractivity contribution < 1.29 is 15.3 Å². The van der Waals surface area contributed by atoms with Gasteiger partial charge in [0.15, 0.2) is 0 Å². The highest BCUT2D eigenvalue weighted by Crippen LogP contribution is 2.62. The number of benzene rings is 1. The summed E-state index contributed by atoms with van der Waals surface area (Å²) >= 11 is 0. The normalized spacial score (nSPS) is 44.8. The summed E-state index contributed by atoms with van der Waals surface area (Å²) in [4.78, 5) is 0. The summed E-state index contributed by atoms with van der Waals surface area (Å²) in [5.41, 5.74) is 1.32. The number of hydrogen-bond donors (Lipinski definition) is 3. The standard InChI is InChI=1S/C18H24O3/c1-17-8-9-18(21)13-5-3-12(19)10-11(13)2-4-15(18)14(17)6-7-16(17)20/h3,5,10,14-16,19-21H,2,4,6-9H2,1H3/t14-,15-,16-,17-,18-/m0/s1. The van der Waals surface area contributed by atoms with Crippen LogP contribution in [0.2, 0.25) is 0 Å². The Kier molecular flexibility index (Phi) is 2.74. The van der Waals surface area contributed by atoms with Crippen molar-refractivity contribution in [2.75, 3.05) is 0 Å². The minimum absolute atomic E-state index is 0.0225. The third-order valence-corrected chi connectivity index (χ3v) is 6.78. The Bertz CT molecular complexity index is 584. The summed E-state index contributed by atoms with van der Waals surface area (Å²) in [6, 6.07) is 5.40. The Balaban J connectivity index is 1.78. The Morgan fingerprint density at radius 1 is 1.10 bits per heavy atom. The zero-order valence-electron chi connectivity index (χ0n) is 12.5. The van der Waals surface area contributed by atoms with Crippen LogP contribution in [-0.2, 0) is 12.0 Å². The fraction of sp³-hybridized carbons (Fsp3) is 0.667. The Hall–Kier alpha value is -1.06. The summed E-state index contributed by atoms with van der Waals surface area (Å²) in [6.07, 6.45) is 5.16. The molecule has 2 fully saturated rings. The quantitative estimate of drug-likeness (QED) is 0.688. The van der Waals surface area contributed by atoms with Gasteiger partial charge < -0.3 is 15.3 Å². The molecule has 0 saturated heterocycles. The lowest BCUT2D eigenvalue weighted by molar-refractivity contribution is -0.142. The highest BCUT2D eigenvalue weighted by atomic mass is 16.3. The molecular weight excluding hydrogens is 264 g/mol. The highest BCUT2D eigenvalue weighted by Gasteiger charge is 2.59. The number of fused-ring (bicyclic) bond motifs is 5. The zero-order chi connectivity index (χ0) is 14.8. The summed E-state index contributed by atoms with van der Waals surface area (Å²) in [5.74, 6) is 0.936. The lowest BCUT2D eigenvalue weighted by atomic mass is 9.53. The van der Waals surface area contributed by atoms with E-state index in [0.29, 0.717) is 5.92 Å². The van der Waals surface area contributed by atoms with Gasteiger partial charge in [-0.05, 0) is 79.0 Å². The molecule has 0 aliphatic heterocycles. The van der Waals surface area contributed by atoms with Gasteiger partial charge in [0.25, 0.3) is 0 Å². The summed E-state index contributed by atoms with van der Waals surface area (Å²) < 4.78 is 0. The first-order valence-electron chi connectivity index (χ1n) is 8.18. The van der Waals surface area contributed by atoms with E-state index in [0.717, 1.165) is 49.7 Å². The molecule has 5 atom stereocenters. The number of phenolic OH excluding ortho intramolecular Hbond substituents is 1. The molecule has 3 aliphatic rings. The number of hydrogen-bond acceptors (Lipinski definition) is 3. The molecule has 0 heterocycles. The van der Waals surface area contributed by atoms with Crippen LogP contribution >= 0.6 is 0 Å². The average Bonchev–Trinajstić information content (AvgIpc) is 2.75. The number of aliphatic hydroxyl groups is 2. The van der Waals surface area contributed by atoms with Gasteiger partial charge in [-0.25, -0.2) is 0 Å². The topological polar surface area (TPSA) is 60.7 Å². The predicted molar refractivity (Wildman–Crippen MR) is 79.9 cm³/mol. The van der Waals surface area contributed by atoms with Crippen molar-refractivity contribution in [3.8, 4) is 5.75 Å². The smallest absolute Gasteiger partial charge is 0.115 e. The van der Waals surface area contributed by atoms with E-state index in [-0.39, 0.29) is 23.2 Å². The van der Waals surface area contributed by atoms with Gasteiger partial charge in [-0.2, -0.15) is 0 Å². The first kappa shape index (κ1) is 13.6. The van der Waals surface area contributed by atoms with E-state index in [1.54, 1.807) is 12.1 Å². The lowest BCUT2D eigenvalue weighted by Gasteiger charge is -2.54. The molecule has 0 bridgehead atoms. The minimum Gasteiger partial charge on any atom is -0.508 e. The molecule has 3 nitrogen and oxygen atoms in total. The molecule has 4 rings (SSSR count). The second-order valence-electron chi connectivity index (χ2n) is 7.62. The molecule has 114 valence electrons. The van der Waals surface area contributed by atoms with Crippen molar-refractivity contribution in [1.82, 2.24) is 0 Å². The van der Waals surface area contributed by atoms with Crippen molar-refractivity contribution in [2.45, 2.75) is 57.2 Å². The van der Waals surface area contributed by atoms with E-state index in [9.17, 15) is 15.3 Å². The largest absolute Gasteiger partial charge is 0.508 e. The number of aryl methyl sites for hydroxylation is 1. The van der Waals surface area contributed by atoms with E-state index in [4.69, 9.17) is 0 Å². The van der Waals surface area contributed by atoms with Crippen LogP contribution < -0.4 is 0 Å². The third kappa shape index (κ3) is 1.68. The Labute approximate surface area is 125 Å². The van der Waals surface area contributed by atoms with E-state index < -0.39 is 5.60 Å². The van der Waals surface area contributed by atoms with Crippen LogP contribution in [0.5, 0.6) is 5.75 Å². The molecule has 0 radical (unpaired) electrons. The third-order valence-electron chi connectivity index (χ3n) is 6.78. The Morgan fingerprint density at radius 2 is 1.90 bits per heavy atom. The van der Waals surface area contributed by atoms with Crippen LogP contribution in [0.3, 0.4) is 0 Å². The van der Waals surface area contributed by atoms with Crippen molar-refractivity contribution in [2.24, 2.45) is 17.3 Å². The number of phenols is 1. The first-order valence-corrected chi connectivity index (χ1v) is 8.18. The lowest BCUT2D eigenvalue weighted by Crippen LogP contribution is -2.52. The minimum atomic E-state index is -0.768. The maximum atomic E-state index is 11.4. The van der Waals surface area contributed by atoms with Crippen LogP contribution in [0.25, 0.3) is 0 Å². The number of aliphatic hydroxyl groups excluding tert-OH is 1. The summed E-state index contributed by atoms with van der Waals surface area (Å²) in [5, 5.41) is 31.5. The van der Waals surface area contributed by atoms with Gasteiger partial charge in [0.2, 0.25) is 0 Å². The molecule has 0 spiro atoms. The molecule has 3 heteroatoms. The van der Waals surface area contributed by atoms with Gasteiger partial charge in [0, 0.05) is 0 Å². The second kappa shape index (κ2) is 4.23. The Morgan fingerprint density at radius 3 is 2.71 bits per heavy atom. The monoisotopic (exact) mass is 288 g/mol. The SMILES string of the molecule is C[C@]12CC[C@]3(O)c4ccc(O)cc4CC[C@H]3[C@@H]1CC[C@@H]2O. The molecule has 0 aromatic heterocycles. The summed E-state index contributed by atoms with van der Waals surface area (Å²) in [7, 11) is 0. The van der Waals surface area contributed by atoms with Crippen LogP contribution in [-0.4, -0.2) is 21.4 Å². The molecule has 3 aliphatic carbocycles. The van der Waals surface area contributed by atoms with E-state index in [1.807, 2.05) is 6.07 Å².